The van der Waals surface area contributed by atoms with E-state index in [0.717, 1.165) is 31.9 Å². The van der Waals surface area contributed by atoms with Crippen molar-refractivity contribution in [3.05, 3.63) is 12.0 Å². The molecular weight excluding hydrogens is 274 g/mol. The minimum Gasteiger partial charge on any atom is -0.436 e. The number of piperazine rings is 1. The fourth-order valence-corrected chi connectivity index (χ4v) is 2.65. The number of aromatic nitrogens is 1. The Kier molecular flexibility index (Phi) is 4.75. The molecule has 20 heavy (non-hydrogen) atoms. The summed E-state index contributed by atoms with van der Waals surface area (Å²) >= 11 is 1.38. The number of amides is 1. The van der Waals surface area contributed by atoms with Gasteiger partial charge in [0.1, 0.15) is 5.76 Å². The maximum Gasteiger partial charge on any atom is 0.256 e. The van der Waals surface area contributed by atoms with Crippen molar-refractivity contribution in [3.8, 4) is 0 Å². The van der Waals surface area contributed by atoms with Crippen molar-refractivity contribution in [2.75, 3.05) is 39.0 Å². The Balaban J connectivity index is 1.83. The monoisotopic (exact) mass is 297 g/mol. The topological polar surface area (TPSA) is 49.6 Å². The lowest BCUT2D eigenvalue weighted by atomic mass is 9.94. The van der Waals surface area contributed by atoms with Crippen LogP contribution in [0.15, 0.2) is 15.8 Å². The van der Waals surface area contributed by atoms with E-state index >= 15 is 0 Å². The molecule has 0 aromatic carbocycles. The van der Waals surface area contributed by atoms with E-state index in [2.05, 4.69) is 37.7 Å². The van der Waals surface area contributed by atoms with Crippen molar-refractivity contribution < 1.29 is 9.21 Å². The van der Waals surface area contributed by atoms with E-state index in [1.165, 1.54) is 11.8 Å². The molecule has 1 aliphatic rings. The SMILES string of the molecule is CN1CCN(C(=O)CSc2ncc(C(C)(C)C)o2)CC1. The summed E-state index contributed by atoms with van der Waals surface area (Å²) in [6.07, 6.45) is 1.75. The molecule has 1 aromatic heterocycles. The van der Waals surface area contributed by atoms with Crippen LogP contribution in [0.25, 0.3) is 0 Å². The third kappa shape index (κ3) is 3.99. The summed E-state index contributed by atoms with van der Waals surface area (Å²) in [6.45, 7) is 9.77. The van der Waals surface area contributed by atoms with Gasteiger partial charge < -0.3 is 14.2 Å². The molecule has 0 spiro atoms. The van der Waals surface area contributed by atoms with Gasteiger partial charge >= 0.3 is 0 Å². The molecule has 112 valence electrons. The smallest absolute Gasteiger partial charge is 0.256 e. The lowest BCUT2D eigenvalue weighted by Gasteiger charge is -2.32. The summed E-state index contributed by atoms with van der Waals surface area (Å²) in [5, 5.41) is 0.581. The van der Waals surface area contributed by atoms with Crippen LogP contribution in [0.2, 0.25) is 0 Å². The molecule has 1 fully saturated rings. The van der Waals surface area contributed by atoms with E-state index in [1.54, 1.807) is 6.20 Å². The number of carbonyl (C=O) groups excluding carboxylic acids is 1. The number of likely N-dealkylation sites (N-methyl/N-ethyl adjacent to an activating group) is 1. The summed E-state index contributed by atoms with van der Waals surface area (Å²) in [5.41, 5.74) is -0.0483. The van der Waals surface area contributed by atoms with E-state index in [9.17, 15) is 4.79 Å². The average Bonchev–Trinajstić information content (AvgIpc) is 2.85. The molecule has 0 aliphatic carbocycles. The predicted octanol–water partition coefficient (Wildman–Crippen LogP) is 1.84. The van der Waals surface area contributed by atoms with Crippen LogP contribution in [0.3, 0.4) is 0 Å². The Morgan fingerprint density at radius 1 is 1.35 bits per heavy atom. The summed E-state index contributed by atoms with van der Waals surface area (Å²) in [5.74, 6) is 1.42. The Morgan fingerprint density at radius 2 is 2.00 bits per heavy atom. The van der Waals surface area contributed by atoms with Gasteiger partial charge in [0.25, 0.3) is 5.22 Å². The minimum absolute atomic E-state index is 0.0483. The van der Waals surface area contributed by atoms with E-state index in [1.807, 2.05) is 4.90 Å². The summed E-state index contributed by atoms with van der Waals surface area (Å²) in [4.78, 5) is 20.5. The normalized spacial score (nSPS) is 17.5. The van der Waals surface area contributed by atoms with Crippen LogP contribution >= 0.6 is 11.8 Å². The molecule has 2 heterocycles. The van der Waals surface area contributed by atoms with Crippen LogP contribution in [0, 0.1) is 0 Å². The van der Waals surface area contributed by atoms with Crippen molar-refractivity contribution in [2.24, 2.45) is 0 Å². The molecule has 2 rings (SSSR count). The van der Waals surface area contributed by atoms with Gasteiger partial charge in [-0.2, -0.15) is 0 Å². The highest BCUT2D eigenvalue weighted by molar-refractivity contribution is 7.99. The van der Waals surface area contributed by atoms with Crippen LogP contribution in [0.1, 0.15) is 26.5 Å². The van der Waals surface area contributed by atoms with Gasteiger partial charge in [-0.1, -0.05) is 32.5 Å². The van der Waals surface area contributed by atoms with E-state index < -0.39 is 0 Å². The molecule has 1 aromatic rings. The van der Waals surface area contributed by atoms with Crippen molar-refractivity contribution in [1.29, 1.82) is 0 Å². The predicted molar refractivity (Wildman–Crippen MR) is 80.0 cm³/mol. The fraction of sp³-hybridized carbons (Fsp3) is 0.714. The number of rotatable bonds is 3. The highest BCUT2D eigenvalue weighted by Gasteiger charge is 2.22. The second-order valence-corrected chi connectivity index (χ2v) is 7.14. The maximum atomic E-state index is 12.1. The molecule has 0 atom stereocenters. The van der Waals surface area contributed by atoms with Gasteiger partial charge in [-0.3, -0.25) is 4.79 Å². The molecule has 1 aliphatic heterocycles. The summed E-state index contributed by atoms with van der Waals surface area (Å²) in [6, 6.07) is 0. The van der Waals surface area contributed by atoms with Crippen LogP contribution in [-0.2, 0) is 10.2 Å². The molecule has 0 saturated carbocycles. The highest BCUT2D eigenvalue weighted by atomic mass is 32.2. The van der Waals surface area contributed by atoms with Crippen molar-refractivity contribution in [2.45, 2.75) is 31.4 Å². The first kappa shape index (κ1) is 15.4. The van der Waals surface area contributed by atoms with E-state index in [4.69, 9.17) is 4.42 Å². The second-order valence-electron chi connectivity index (χ2n) is 6.21. The molecule has 1 saturated heterocycles. The molecule has 5 nitrogen and oxygen atoms in total. The quantitative estimate of drug-likeness (QED) is 0.797. The molecular formula is C14H23N3O2S. The first-order chi connectivity index (χ1) is 9.36. The van der Waals surface area contributed by atoms with Crippen molar-refractivity contribution in [3.63, 3.8) is 0 Å². The Bertz CT molecular complexity index is 459. The van der Waals surface area contributed by atoms with Gasteiger partial charge in [0.2, 0.25) is 5.91 Å². The van der Waals surface area contributed by atoms with E-state index in [-0.39, 0.29) is 11.3 Å². The van der Waals surface area contributed by atoms with Crippen LogP contribution in [0.4, 0.5) is 0 Å². The van der Waals surface area contributed by atoms with Gasteiger partial charge in [0.15, 0.2) is 0 Å². The lowest BCUT2D eigenvalue weighted by Crippen LogP contribution is -2.47. The number of nitrogens with zero attached hydrogens (tertiary/aromatic N) is 3. The molecule has 0 radical (unpaired) electrons. The van der Waals surface area contributed by atoms with E-state index in [0.29, 0.717) is 11.0 Å². The largest absolute Gasteiger partial charge is 0.436 e. The first-order valence-electron chi connectivity index (χ1n) is 6.91. The van der Waals surface area contributed by atoms with Gasteiger partial charge in [0, 0.05) is 31.6 Å². The number of hydrogen-bond donors (Lipinski definition) is 0. The van der Waals surface area contributed by atoms with Crippen LogP contribution < -0.4 is 0 Å². The molecule has 6 heteroatoms. The highest BCUT2D eigenvalue weighted by Crippen LogP contribution is 2.26. The standard InChI is InChI=1S/C14H23N3O2S/c1-14(2,3)11-9-15-13(19-11)20-10-12(18)17-7-5-16(4)6-8-17/h9H,5-8,10H2,1-4H3. The number of thioether (sulfide) groups is 1. The van der Waals surface area contributed by atoms with Gasteiger partial charge in [-0.25, -0.2) is 4.98 Å². The lowest BCUT2D eigenvalue weighted by molar-refractivity contribution is -0.129. The molecule has 1 amide bonds. The van der Waals surface area contributed by atoms with Crippen LogP contribution in [-0.4, -0.2) is 59.7 Å². The fourth-order valence-electron chi connectivity index (χ4n) is 1.94. The second kappa shape index (κ2) is 6.18. The zero-order valence-electron chi connectivity index (χ0n) is 12.7. The third-order valence-electron chi connectivity index (χ3n) is 3.40. The number of carbonyl (C=O) groups is 1. The summed E-state index contributed by atoms with van der Waals surface area (Å²) in [7, 11) is 2.08. The third-order valence-corrected chi connectivity index (χ3v) is 4.23. The molecule has 0 unspecified atom stereocenters. The Labute approximate surface area is 124 Å². The van der Waals surface area contributed by atoms with Crippen molar-refractivity contribution in [1.82, 2.24) is 14.8 Å². The van der Waals surface area contributed by atoms with Crippen LogP contribution in [0.5, 0.6) is 0 Å². The number of oxazole rings is 1. The van der Waals surface area contributed by atoms with Gasteiger partial charge in [-0.05, 0) is 7.05 Å². The van der Waals surface area contributed by atoms with Crippen molar-refractivity contribution >= 4 is 17.7 Å². The Hall–Kier alpha value is -1.01. The van der Waals surface area contributed by atoms with Gasteiger partial charge in [0.05, 0.1) is 11.9 Å². The average molecular weight is 297 g/mol. The number of hydrogen-bond acceptors (Lipinski definition) is 5. The summed E-state index contributed by atoms with van der Waals surface area (Å²) < 4.78 is 5.68. The Morgan fingerprint density at radius 3 is 2.55 bits per heavy atom. The first-order valence-corrected chi connectivity index (χ1v) is 7.90. The zero-order chi connectivity index (χ0) is 14.8. The molecule has 0 bridgehead atoms. The maximum absolute atomic E-state index is 12.1. The molecule has 0 N–H and O–H groups in total. The van der Waals surface area contributed by atoms with Gasteiger partial charge in [-0.15, -0.1) is 0 Å². The zero-order valence-corrected chi connectivity index (χ0v) is 13.5. The minimum atomic E-state index is -0.0483.